The third-order valence-corrected chi connectivity index (χ3v) is 8.28. The van der Waals surface area contributed by atoms with Crippen LogP contribution < -0.4 is 11.0 Å². The molecular weight excluding hydrogens is 624 g/mol. The molecule has 2 N–H and O–H groups in total. The Kier molecular flexibility index (Phi) is 10.8. The van der Waals surface area contributed by atoms with Crippen LogP contribution in [0.1, 0.15) is 54.1 Å². The zero-order valence-electron chi connectivity index (χ0n) is 27.2. The highest BCUT2D eigenvalue weighted by atomic mass is 16.7. The molecule has 0 heterocycles. The molecule has 0 radical (unpaired) electrons. The van der Waals surface area contributed by atoms with Crippen molar-refractivity contribution < 1.29 is 38.3 Å². The van der Waals surface area contributed by atoms with Gasteiger partial charge in [-0.25, -0.2) is 20.5 Å². The molecule has 49 heavy (non-hydrogen) atoms. The maximum absolute atomic E-state index is 13.1. The molecule has 1 aliphatic carbocycles. The van der Waals surface area contributed by atoms with Crippen LogP contribution in [0.5, 0.6) is 0 Å². The molecule has 4 aromatic rings. The van der Waals surface area contributed by atoms with E-state index < -0.39 is 29.2 Å². The third-order valence-electron chi connectivity index (χ3n) is 8.28. The first kappa shape index (κ1) is 34.5. The summed E-state index contributed by atoms with van der Waals surface area (Å²) in [6.45, 7) is 10.3. The molecule has 0 bridgehead atoms. The van der Waals surface area contributed by atoms with Crippen LogP contribution in [0.3, 0.4) is 0 Å². The maximum Gasteiger partial charge on any atom is 0.330 e. The number of hydroxylamine groups is 2. The summed E-state index contributed by atoms with van der Waals surface area (Å²) in [6, 6.07) is 27.9. The number of fused-ring (bicyclic) bond motifs is 3. The quantitative estimate of drug-likeness (QED) is 0.0697. The van der Waals surface area contributed by atoms with E-state index in [0.717, 1.165) is 56.7 Å². The summed E-state index contributed by atoms with van der Waals surface area (Å²) in [4.78, 5) is 59.0. The number of rotatable bonds is 14. The topological polar surface area (TPSA) is 129 Å². The Bertz CT molecular complexity index is 1790. The van der Waals surface area contributed by atoms with E-state index in [0.29, 0.717) is 11.1 Å². The first-order valence-corrected chi connectivity index (χ1v) is 15.6. The van der Waals surface area contributed by atoms with E-state index in [2.05, 4.69) is 48.4 Å². The smallest absolute Gasteiger partial charge is 0.330 e. The summed E-state index contributed by atoms with van der Waals surface area (Å²) in [5.74, 6) is -2.03. The van der Waals surface area contributed by atoms with E-state index >= 15 is 0 Å². The van der Waals surface area contributed by atoms with Gasteiger partial charge >= 0.3 is 11.9 Å². The predicted octanol–water partition coefficient (Wildman–Crippen LogP) is 5.45. The van der Waals surface area contributed by atoms with E-state index in [1.54, 1.807) is 12.1 Å². The van der Waals surface area contributed by atoms with Gasteiger partial charge in [-0.05, 0) is 70.5 Å². The number of nitrogens with one attached hydrogen (secondary N) is 2. The Morgan fingerprint density at radius 2 is 1.02 bits per heavy atom. The molecule has 4 aromatic carbocycles. The number of benzene rings is 4. The highest BCUT2D eigenvalue weighted by molar-refractivity contribution is 5.96. The Labute approximate surface area is 284 Å². The predicted molar refractivity (Wildman–Crippen MR) is 182 cm³/mol. The van der Waals surface area contributed by atoms with Crippen molar-refractivity contribution in [2.45, 2.75) is 19.3 Å². The number of carbonyl (C=O) groups excluding carboxylic acids is 4. The van der Waals surface area contributed by atoms with Gasteiger partial charge in [-0.15, -0.1) is 0 Å². The number of ether oxygens (including phenoxy) is 2. The monoisotopic (exact) mass is 660 g/mol. The van der Waals surface area contributed by atoms with Crippen molar-refractivity contribution in [1.82, 2.24) is 11.0 Å². The average Bonchev–Trinajstić information content (AvgIpc) is 3.42. The largest absolute Gasteiger partial charge is 0.460 e. The molecule has 10 nitrogen and oxygen atoms in total. The van der Waals surface area contributed by atoms with Crippen LogP contribution in [-0.2, 0) is 34.2 Å². The number of hydrogen-bond acceptors (Lipinski definition) is 8. The highest BCUT2D eigenvalue weighted by Gasteiger charge is 2.46. The second kappa shape index (κ2) is 15.4. The molecule has 0 unspecified atom stereocenters. The summed E-state index contributed by atoms with van der Waals surface area (Å²) in [5.41, 5.74) is 12.5. The molecule has 10 heteroatoms. The van der Waals surface area contributed by atoms with Crippen LogP contribution in [0.2, 0.25) is 0 Å². The fourth-order valence-corrected chi connectivity index (χ4v) is 6.16. The molecule has 0 aromatic heterocycles. The number of carbonyl (C=O) groups is 4. The zero-order chi connectivity index (χ0) is 35.0. The Hall–Kier alpha value is -5.84. The number of hydrogen-bond donors (Lipinski definition) is 2. The lowest BCUT2D eigenvalue weighted by Crippen LogP contribution is -2.31. The van der Waals surface area contributed by atoms with Crippen LogP contribution in [0.4, 0.5) is 0 Å². The number of esters is 2. The summed E-state index contributed by atoms with van der Waals surface area (Å²) >= 11 is 0. The lowest BCUT2D eigenvalue weighted by molar-refractivity contribution is -0.140. The molecule has 0 fully saturated rings. The van der Waals surface area contributed by atoms with Gasteiger partial charge in [-0.3, -0.25) is 19.3 Å². The Morgan fingerprint density at radius 1 is 0.612 bits per heavy atom. The summed E-state index contributed by atoms with van der Waals surface area (Å²) < 4.78 is 9.74. The van der Waals surface area contributed by atoms with Gasteiger partial charge in [0.2, 0.25) is 0 Å². The molecular formula is C39H36N2O8. The first-order chi connectivity index (χ1) is 23.7. The second-order valence-electron chi connectivity index (χ2n) is 11.2. The molecule has 250 valence electrons. The average molecular weight is 661 g/mol. The van der Waals surface area contributed by atoms with Gasteiger partial charge in [-0.2, -0.15) is 0 Å². The van der Waals surface area contributed by atoms with Gasteiger partial charge in [-0.1, -0.05) is 86.0 Å². The SMILES string of the molecule is C=CC(=O)OCCONC(=O)c1ccc(C2(c3ccc(C(=O)NOCCOC(=O)C=C)c(C)c3)c3ccccc3-c3ccccc32)cc1C. The first-order valence-electron chi connectivity index (χ1n) is 15.6. The third kappa shape index (κ3) is 7.06. The van der Waals surface area contributed by atoms with Crippen molar-refractivity contribution in [3.63, 3.8) is 0 Å². The minimum Gasteiger partial charge on any atom is -0.460 e. The van der Waals surface area contributed by atoms with Gasteiger partial charge in [0.25, 0.3) is 11.8 Å². The second-order valence-corrected chi connectivity index (χ2v) is 11.2. The van der Waals surface area contributed by atoms with E-state index in [4.69, 9.17) is 19.1 Å². The minimum atomic E-state index is -0.774. The molecule has 0 saturated carbocycles. The van der Waals surface area contributed by atoms with Crippen molar-refractivity contribution in [3.05, 3.63) is 155 Å². The van der Waals surface area contributed by atoms with Crippen LogP contribution >= 0.6 is 0 Å². The summed E-state index contributed by atoms with van der Waals surface area (Å²) in [6.07, 6.45) is 2.10. The molecule has 0 atom stereocenters. The molecule has 0 saturated heterocycles. The standard InChI is InChI=1S/C39H36N2O8/c1-5-35(42)46-19-21-48-40-37(44)29-17-15-27(23-25(29)3)39(33-13-9-7-11-31(33)32-12-8-10-14-34(32)39)28-16-18-30(26(4)24-28)38(45)41-49-22-20-47-36(43)6-2/h5-18,23-24H,1-2,19-22H2,3-4H3,(H,40,44)(H,41,45). The molecule has 0 spiro atoms. The van der Waals surface area contributed by atoms with Crippen molar-refractivity contribution in [1.29, 1.82) is 0 Å². The van der Waals surface area contributed by atoms with Crippen LogP contribution in [0.15, 0.2) is 110 Å². The summed E-state index contributed by atoms with van der Waals surface area (Å²) in [5, 5.41) is 0. The van der Waals surface area contributed by atoms with Gasteiger partial charge in [0.05, 0.1) is 5.41 Å². The van der Waals surface area contributed by atoms with E-state index in [1.165, 1.54) is 0 Å². The van der Waals surface area contributed by atoms with Crippen molar-refractivity contribution in [2.24, 2.45) is 0 Å². The Morgan fingerprint density at radius 3 is 1.41 bits per heavy atom. The van der Waals surface area contributed by atoms with Gasteiger partial charge in [0, 0.05) is 23.3 Å². The van der Waals surface area contributed by atoms with Crippen molar-refractivity contribution in [2.75, 3.05) is 26.4 Å². The number of aryl methyl sites for hydroxylation is 2. The fourth-order valence-electron chi connectivity index (χ4n) is 6.16. The maximum atomic E-state index is 13.1. The van der Waals surface area contributed by atoms with Gasteiger partial charge in [0.15, 0.2) is 0 Å². The van der Waals surface area contributed by atoms with Crippen molar-refractivity contribution >= 4 is 23.8 Å². The Balaban J connectivity index is 1.48. The van der Waals surface area contributed by atoms with Crippen LogP contribution in [0.25, 0.3) is 11.1 Å². The fraction of sp³-hybridized carbons (Fsp3) is 0.179. The normalized spacial score (nSPS) is 12.2. The van der Waals surface area contributed by atoms with Crippen LogP contribution in [-0.4, -0.2) is 50.2 Å². The summed E-state index contributed by atoms with van der Waals surface area (Å²) in [7, 11) is 0. The minimum absolute atomic E-state index is 0.0240. The lowest BCUT2D eigenvalue weighted by Gasteiger charge is -2.34. The van der Waals surface area contributed by atoms with Gasteiger partial charge in [0.1, 0.15) is 26.4 Å². The zero-order valence-corrected chi connectivity index (χ0v) is 27.2. The number of amides is 2. The molecule has 5 rings (SSSR count). The molecule has 2 amide bonds. The van der Waals surface area contributed by atoms with Crippen LogP contribution in [0, 0.1) is 13.8 Å². The van der Waals surface area contributed by atoms with E-state index in [-0.39, 0.29) is 26.4 Å². The molecule has 1 aliphatic rings. The highest BCUT2D eigenvalue weighted by Crippen LogP contribution is 2.56. The van der Waals surface area contributed by atoms with Crippen molar-refractivity contribution in [3.8, 4) is 11.1 Å². The van der Waals surface area contributed by atoms with E-state index in [1.807, 2.05) is 62.4 Å². The lowest BCUT2D eigenvalue weighted by atomic mass is 9.67. The molecule has 0 aliphatic heterocycles. The van der Waals surface area contributed by atoms with E-state index in [9.17, 15) is 19.2 Å². The van der Waals surface area contributed by atoms with Gasteiger partial charge < -0.3 is 9.47 Å².